The van der Waals surface area contributed by atoms with Crippen LogP contribution in [0.2, 0.25) is 0 Å². The highest BCUT2D eigenvalue weighted by molar-refractivity contribution is 7.25. The van der Waals surface area contributed by atoms with Crippen LogP contribution in [0.25, 0.3) is 0 Å². The third kappa shape index (κ3) is 2.68. The minimum atomic E-state index is -2.97. The Morgan fingerprint density at radius 2 is 1.77 bits per heavy atom. The van der Waals surface area contributed by atoms with E-state index in [1.54, 1.807) is 0 Å². The lowest BCUT2D eigenvalue weighted by Gasteiger charge is -1.94. The first-order chi connectivity index (χ1) is 6.09. The van der Waals surface area contributed by atoms with E-state index in [4.69, 9.17) is 0 Å². The number of non-ortho nitro benzene ring substituents is 1. The first-order valence-corrected chi connectivity index (χ1v) is 4.26. The Morgan fingerprint density at radius 3 is 2.15 bits per heavy atom. The summed E-state index contributed by atoms with van der Waals surface area (Å²) in [6, 6.07) is 4.74. The van der Waals surface area contributed by atoms with Gasteiger partial charge in [0.15, 0.2) is 0 Å². The average molecular weight is 201 g/mol. The van der Waals surface area contributed by atoms with Gasteiger partial charge in [-0.05, 0) is 12.1 Å². The molecule has 1 aromatic rings. The van der Waals surface area contributed by atoms with Crippen molar-refractivity contribution < 1.29 is 18.6 Å². The van der Waals surface area contributed by atoms with Crippen LogP contribution in [0.1, 0.15) is 0 Å². The van der Waals surface area contributed by atoms with Crippen molar-refractivity contribution in [3.63, 3.8) is 0 Å². The van der Waals surface area contributed by atoms with Gasteiger partial charge in [-0.15, -0.1) is 0 Å². The maximum atomic E-state index is 10.2. The highest BCUT2D eigenvalue weighted by Crippen LogP contribution is 2.21. The molecule has 0 saturated carbocycles. The molecule has 0 spiro atoms. The molecule has 0 unspecified atom stereocenters. The molecule has 0 aromatic heterocycles. The Kier molecular flexibility index (Phi) is 2.76. The van der Waals surface area contributed by atoms with Crippen molar-refractivity contribution in [2.45, 2.75) is 0 Å². The molecule has 0 aliphatic rings. The lowest BCUT2D eigenvalue weighted by Crippen LogP contribution is -1.86. The van der Waals surface area contributed by atoms with Crippen molar-refractivity contribution in [2.24, 2.45) is 0 Å². The summed E-state index contributed by atoms with van der Waals surface area (Å²) in [6.07, 6.45) is 0. The fourth-order valence-corrected chi connectivity index (χ4v) is 1.01. The minimum Gasteiger partial charge on any atom is -0.387 e. The van der Waals surface area contributed by atoms with Crippen molar-refractivity contribution in [3.8, 4) is 5.75 Å². The third-order valence-electron chi connectivity index (χ3n) is 1.23. The summed E-state index contributed by atoms with van der Waals surface area (Å²) >= 11 is 0. The zero-order chi connectivity index (χ0) is 9.84. The quantitative estimate of drug-likeness (QED) is 0.424. The highest BCUT2D eigenvalue weighted by atomic mass is 31.1. The molecule has 1 aromatic carbocycles. The van der Waals surface area contributed by atoms with E-state index in [0.29, 0.717) is 0 Å². The molecule has 6 nitrogen and oxygen atoms in total. The zero-order valence-electron chi connectivity index (χ0n) is 6.25. The SMILES string of the molecule is O=[N+]([O-])c1ccc(OP(=O)=O)cc1. The summed E-state index contributed by atoms with van der Waals surface area (Å²) < 4.78 is 24.4. The van der Waals surface area contributed by atoms with Gasteiger partial charge in [0.05, 0.1) is 4.92 Å². The molecule has 13 heavy (non-hydrogen) atoms. The number of benzene rings is 1. The molecule has 0 aliphatic heterocycles. The molecule has 0 saturated heterocycles. The van der Waals surface area contributed by atoms with Gasteiger partial charge in [-0.1, -0.05) is 0 Å². The van der Waals surface area contributed by atoms with E-state index in [9.17, 15) is 19.2 Å². The van der Waals surface area contributed by atoms with Crippen LogP contribution in [0.3, 0.4) is 0 Å². The van der Waals surface area contributed by atoms with Crippen molar-refractivity contribution in [3.05, 3.63) is 34.4 Å². The fourth-order valence-electron chi connectivity index (χ4n) is 0.715. The van der Waals surface area contributed by atoms with E-state index >= 15 is 0 Å². The van der Waals surface area contributed by atoms with Gasteiger partial charge in [-0.25, -0.2) is 0 Å². The second-order valence-corrected chi connectivity index (χ2v) is 2.70. The Hall–Kier alpha value is -1.68. The summed E-state index contributed by atoms with van der Waals surface area (Å²) in [5.74, 6) is 0.0571. The highest BCUT2D eigenvalue weighted by Gasteiger charge is 2.04. The fraction of sp³-hybridized carbons (Fsp3) is 0. The summed E-state index contributed by atoms with van der Waals surface area (Å²) in [5.41, 5.74) is -0.117. The number of nitro benzene ring substituents is 1. The topological polar surface area (TPSA) is 86.5 Å². The van der Waals surface area contributed by atoms with Gasteiger partial charge in [0.2, 0.25) is 0 Å². The van der Waals surface area contributed by atoms with Crippen LogP contribution in [0.5, 0.6) is 5.75 Å². The van der Waals surface area contributed by atoms with E-state index in [1.165, 1.54) is 12.1 Å². The smallest absolute Gasteiger partial charge is 0.387 e. The van der Waals surface area contributed by atoms with Crippen molar-refractivity contribution in [1.82, 2.24) is 0 Å². The van der Waals surface area contributed by atoms with Gasteiger partial charge in [-0.2, -0.15) is 9.13 Å². The Bertz CT molecular complexity index is 375. The molecule has 0 heterocycles. The molecule has 0 atom stereocenters. The summed E-state index contributed by atoms with van der Waals surface area (Å²) in [6.45, 7) is 0. The molecule has 1 rings (SSSR count). The van der Waals surface area contributed by atoms with Crippen molar-refractivity contribution >= 4 is 13.6 Å². The first kappa shape index (κ1) is 9.41. The predicted molar refractivity (Wildman–Crippen MR) is 42.0 cm³/mol. The summed E-state index contributed by atoms with van der Waals surface area (Å²) in [5, 5.41) is 10.2. The van der Waals surface area contributed by atoms with Gasteiger partial charge in [-0.3, -0.25) is 10.1 Å². The number of hydrogen-bond acceptors (Lipinski definition) is 5. The van der Waals surface area contributed by atoms with Gasteiger partial charge >= 0.3 is 7.91 Å². The summed E-state index contributed by atoms with van der Waals surface area (Å²) in [7, 11) is -2.97. The maximum absolute atomic E-state index is 10.2. The number of hydrogen-bond donors (Lipinski definition) is 0. The van der Waals surface area contributed by atoms with E-state index in [2.05, 4.69) is 4.52 Å². The first-order valence-electron chi connectivity index (χ1n) is 3.16. The largest absolute Gasteiger partial charge is 0.529 e. The third-order valence-corrected chi connectivity index (χ3v) is 1.59. The van der Waals surface area contributed by atoms with Crippen molar-refractivity contribution in [2.75, 3.05) is 0 Å². The van der Waals surface area contributed by atoms with Crippen LogP contribution >= 0.6 is 7.91 Å². The van der Waals surface area contributed by atoms with Crippen LogP contribution < -0.4 is 4.52 Å². The van der Waals surface area contributed by atoms with Crippen LogP contribution in [-0.2, 0) is 9.13 Å². The lowest BCUT2D eigenvalue weighted by molar-refractivity contribution is -0.384. The van der Waals surface area contributed by atoms with Crippen LogP contribution in [0.15, 0.2) is 24.3 Å². The van der Waals surface area contributed by atoms with Gasteiger partial charge < -0.3 is 4.52 Å². The number of nitro groups is 1. The normalized spacial score (nSPS) is 9.23. The predicted octanol–water partition coefficient (Wildman–Crippen LogP) is 2.06. The molecule has 0 amide bonds. The lowest BCUT2D eigenvalue weighted by atomic mass is 10.3. The van der Waals surface area contributed by atoms with E-state index in [1.807, 2.05) is 0 Å². The average Bonchev–Trinajstić information content (AvgIpc) is 2.04. The standard InChI is InChI=1S/C6H4NO5P/c8-7(9)5-1-3-6(4-2-5)12-13(10)11/h1-4H. The van der Waals surface area contributed by atoms with E-state index in [0.717, 1.165) is 12.1 Å². The van der Waals surface area contributed by atoms with Gasteiger partial charge in [0.1, 0.15) is 5.75 Å². The minimum absolute atomic E-state index is 0.0571. The molecular formula is C6H4NO5P. The van der Waals surface area contributed by atoms with Gasteiger partial charge in [0.25, 0.3) is 5.69 Å². The molecule has 0 aliphatic carbocycles. The molecule has 68 valence electrons. The van der Waals surface area contributed by atoms with Crippen LogP contribution in [0, 0.1) is 10.1 Å². The van der Waals surface area contributed by atoms with Gasteiger partial charge in [0, 0.05) is 12.1 Å². The van der Waals surface area contributed by atoms with E-state index in [-0.39, 0.29) is 11.4 Å². The second-order valence-electron chi connectivity index (χ2n) is 2.07. The maximum Gasteiger partial charge on any atom is 0.529 e. The Balaban J connectivity index is 2.87. The molecule has 0 bridgehead atoms. The number of nitrogens with zero attached hydrogens (tertiary/aromatic N) is 1. The molecule has 0 fully saturated rings. The van der Waals surface area contributed by atoms with Crippen molar-refractivity contribution in [1.29, 1.82) is 0 Å². The Labute approximate surface area is 73.2 Å². The second kappa shape index (κ2) is 3.82. The van der Waals surface area contributed by atoms with Crippen LogP contribution in [-0.4, -0.2) is 4.92 Å². The van der Waals surface area contributed by atoms with E-state index < -0.39 is 12.8 Å². The number of rotatable bonds is 3. The molecule has 7 heteroatoms. The molecular weight excluding hydrogens is 197 g/mol. The monoisotopic (exact) mass is 201 g/mol. The Morgan fingerprint density at radius 1 is 1.23 bits per heavy atom. The molecule has 0 radical (unpaired) electrons. The molecule has 0 N–H and O–H groups in total. The zero-order valence-corrected chi connectivity index (χ0v) is 7.14. The summed E-state index contributed by atoms with van der Waals surface area (Å²) in [4.78, 5) is 9.60. The van der Waals surface area contributed by atoms with Crippen LogP contribution in [0.4, 0.5) is 5.69 Å².